The summed E-state index contributed by atoms with van der Waals surface area (Å²) >= 11 is 0. The van der Waals surface area contributed by atoms with Crippen LogP contribution in [0.2, 0.25) is 0 Å². The number of nitrogens with one attached hydrogen (secondary N) is 1. The third-order valence-corrected chi connectivity index (χ3v) is 2.00. The Bertz CT molecular complexity index is 225. The van der Waals surface area contributed by atoms with Gasteiger partial charge in [-0.1, -0.05) is 27.7 Å². The Morgan fingerprint density at radius 1 is 1.47 bits per heavy atom. The maximum atomic E-state index is 10.3. The summed E-state index contributed by atoms with van der Waals surface area (Å²) in [5, 5.41) is 3.13. The number of ketones is 1. The number of rotatable bonds is 2. The lowest BCUT2D eigenvalue weighted by molar-refractivity contribution is -0.117. The van der Waals surface area contributed by atoms with Crippen molar-refractivity contribution >= 4 is 11.7 Å². The van der Waals surface area contributed by atoms with Crippen molar-refractivity contribution in [3.63, 3.8) is 0 Å². The molecule has 1 aliphatic rings. The van der Waals surface area contributed by atoms with E-state index in [0.29, 0.717) is 5.92 Å². The van der Waals surface area contributed by atoms with Crippen molar-refractivity contribution in [2.75, 3.05) is 27.2 Å². The molecule has 1 rings (SSSR count). The Kier molecular flexibility index (Phi) is 12.3. The van der Waals surface area contributed by atoms with Crippen LogP contribution in [-0.4, -0.2) is 43.8 Å². The minimum atomic E-state index is 0.287. The van der Waals surface area contributed by atoms with E-state index in [0.717, 1.165) is 25.5 Å². The fraction of sp³-hybridized carbons (Fsp3) is 0.846. The van der Waals surface area contributed by atoms with Crippen molar-refractivity contribution in [3.8, 4) is 0 Å². The van der Waals surface area contributed by atoms with Crippen LogP contribution in [0, 0.1) is 5.92 Å². The lowest BCUT2D eigenvalue weighted by Gasteiger charge is -2.07. The topological polar surface area (TPSA) is 44.7 Å². The van der Waals surface area contributed by atoms with Gasteiger partial charge in [0.1, 0.15) is 5.78 Å². The molecule has 1 saturated heterocycles. The van der Waals surface area contributed by atoms with Gasteiger partial charge in [0.2, 0.25) is 0 Å². The molecule has 1 aliphatic heterocycles. The first-order chi connectivity index (χ1) is 7.97. The van der Waals surface area contributed by atoms with Gasteiger partial charge in [0.05, 0.1) is 0 Å². The third-order valence-electron chi connectivity index (χ3n) is 2.00. The molecule has 0 aliphatic carbocycles. The van der Waals surface area contributed by atoms with Crippen LogP contribution in [0.1, 0.15) is 41.0 Å². The molecule has 0 aromatic heterocycles. The second-order valence-electron chi connectivity index (χ2n) is 4.20. The van der Waals surface area contributed by atoms with Crippen molar-refractivity contribution in [1.82, 2.24) is 10.2 Å². The van der Waals surface area contributed by atoms with Crippen LogP contribution < -0.4 is 5.32 Å². The van der Waals surface area contributed by atoms with Crippen LogP contribution in [0.3, 0.4) is 0 Å². The zero-order chi connectivity index (χ0) is 13.8. The van der Waals surface area contributed by atoms with E-state index in [9.17, 15) is 4.79 Å². The Labute approximate surface area is 106 Å². The van der Waals surface area contributed by atoms with Gasteiger partial charge in [-0.25, -0.2) is 0 Å². The summed E-state index contributed by atoms with van der Waals surface area (Å²) < 4.78 is 0. The molecule has 0 amide bonds. The molecule has 0 atom stereocenters. The largest absolute Gasteiger partial charge is 0.354 e. The van der Waals surface area contributed by atoms with Crippen molar-refractivity contribution in [2.24, 2.45) is 10.9 Å². The van der Waals surface area contributed by atoms with Crippen LogP contribution in [0.15, 0.2) is 4.99 Å². The number of carbonyl (C=O) groups excluding carboxylic acids is 1. The van der Waals surface area contributed by atoms with Crippen molar-refractivity contribution < 1.29 is 4.79 Å². The monoisotopic (exact) mass is 243 g/mol. The predicted octanol–water partition coefficient (Wildman–Crippen LogP) is 2.15. The molecule has 4 heteroatoms. The van der Waals surface area contributed by atoms with E-state index in [1.807, 2.05) is 34.7 Å². The highest BCUT2D eigenvalue weighted by Gasteiger charge is 2.10. The summed E-state index contributed by atoms with van der Waals surface area (Å²) in [6.07, 6.45) is 0.722. The van der Waals surface area contributed by atoms with E-state index in [-0.39, 0.29) is 5.78 Å². The average Bonchev–Trinajstić information content (AvgIpc) is 2.65. The summed E-state index contributed by atoms with van der Waals surface area (Å²) in [5.41, 5.74) is 0. The quantitative estimate of drug-likeness (QED) is 0.808. The van der Waals surface area contributed by atoms with Gasteiger partial charge in [-0.3, -0.25) is 4.99 Å². The summed E-state index contributed by atoms with van der Waals surface area (Å²) in [5.74, 6) is 1.82. The van der Waals surface area contributed by atoms with Gasteiger partial charge in [0.15, 0.2) is 5.96 Å². The van der Waals surface area contributed by atoms with Crippen LogP contribution in [0.5, 0.6) is 0 Å². The molecule has 0 spiro atoms. The Hall–Kier alpha value is -1.06. The number of nitrogens with zero attached hydrogens (tertiary/aromatic N) is 2. The minimum Gasteiger partial charge on any atom is -0.354 e. The summed E-state index contributed by atoms with van der Waals surface area (Å²) in [4.78, 5) is 16.4. The molecule has 1 N–H and O–H groups in total. The van der Waals surface area contributed by atoms with Gasteiger partial charge < -0.3 is 15.0 Å². The molecule has 0 aromatic rings. The smallest absolute Gasteiger partial charge is 0.193 e. The molecule has 0 radical (unpaired) electrons. The van der Waals surface area contributed by atoms with E-state index in [1.165, 1.54) is 0 Å². The van der Waals surface area contributed by atoms with E-state index in [4.69, 9.17) is 0 Å². The number of Topliss-reactive ketones (excluding diaryl/α,β-unsaturated/α-hetero) is 1. The first-order valence-electron chi connectivity index (χ1n) is 6.38. The minimum absolute atomic E-state index is 0.287. The zero-order valence-corrected chi connectivity index (χ0v) is 12.5. The normalized spacial score (nSPS) is 15.8. The van der Waals surface area contributed by atoms with E-state index >= 15 is 0 Å². The molecular formula is C13H29N3O. The van der Waals surface area contributed by atoms with Crippen molar-refractivity contribution in [3.05, 3.63) is 0 Å². The van der Waals surface area contributed by atoms with Crippen LogP contribution in [0.25, 0.3) is 0 Å². The van der Waals surface area contributed by atoms with Gasteiger partial charge in [0, 0.05) is 33.6 Å². The van der Waals surface area contributed by atoms with Crippen LogP contribution >= 0.6 is 0 Å². The van der Waals surface area contributed by atoms with Gasteiger partial charge in [0.25, 0.3) is 0 Å². The van der Waals surface area contributed by atoms with Crippen LogP contribution in [0.4, 0.5) is 0 Å². The predicted molar refractivity (Wildman–Crippen MR) is 75.5 cm³/mol. The fourth-order valence-electron chi connectivity index (χ4n) is 1.40. The molecule has 4 nitrogen and oxygen atoms in total. The first-order valence-corrected chi connectivity index (χ1v) is 6.38. The van der Waals surface area contributed by atoms with Crippen LogP contribution in [-0.2, 0) is 4.79 Å². The highest BCUT2D eigenvalue weighted by Crippen LogP contribution is 1.97. The maximum absolute atomic E-state index is 10.3. The Morgan fingerprint density at radius 3 is 2.12 bits per heavy atom. The third kappa shape index (κ3) is 11.2. The van der Waals surface area contributed by atoms with Crippen molar-refractivity contribution in [1.29, 1.82) is 0 Å². The van der Waals surface area contributed by atoms with E-state index in [1.54, 1.807) is 14.0 Å². The van der Waals surface area contributed by atoms with Gasteiger partial charge >= 0.3 is 0 Å². The van der Waals surface area contributed by atoms with Crippen molar-refractivity contribution in [2.45, 2.75) is 41.0 Å². The molecule has 102 valence electrons. The number of guanidine groups is 1. The van der Waals surface area contributed by atoms with E-state index in [2.05, 4.69) is 15.2 Å². The molecule has 0 saturated carbocycles. The second kappa shape index (κ2) is 11.4. The fourth-order valence-corrected chi connectivity index (χ4v) is 1.40. The zero-order valence-electron chi connectivity index (χ0n) is 12.5. The molecule has 17 heavy (non-hydrogen) atoms. The van der Waals surface area contributed by atoms with Gasteiger partial charge in [-0.05, 0) is 12.8 Å². The molecule has 0 unspecified atom stereocenters. The first kappa shape index (κ1) is 18.3. The number of hydrogen-bond donors (Lipinski definition) is 1. The number of aliphatic imine (C=N–C) groups is 1. The maximum Gasteiger partial charge on any atom is 0.193 e. The Morgan fingerprint density at radius 2 is 2.00 bits per heavy atom. The summed E-state index contributed by atoms with van der Waals surface area (Å²) in [6.45, 7) is 11.8. The summed E-state index contributed by atoms with van der Waals surface area (Å²) in [7, 11) is 3.83. The van der Waals surface area contributed by atoms with Gasteiger partial charge in [-0.2, -0.15) is 0 Å². The standard InChI is InChI=1S/C6H12O.C5H11N3.C2H6/c1-5(2)4-6(3)7;1-6-5-7-3-4-8(5)2;1-2/h5H,4H2,1-3H3;3-4H2,1-2H3,(H,6,7);1-2H3. The highest BCUT2D eigenvalue weighted by atomic mass is 16.1. The van der Waals surface area contributed by atoms with E-state index < -0.39 is 0 Å². The average molecular weight is 243 g/mol. The highest BCUT2D eigenvalue weighted by molar-refractivity contribution is 5.81. The SMILES string of the molecule is CC.CC(=O)CC(C)C.CN=C1NCCN1C. The molecular weight excluding hydrogens is 214 g/mol. The number of likely N-dealkylation sites (N-methyl/N-ethyl adjacent to an activating group) is 1. The lowest BCUT2D eigenvalue weighted by atomic mass is 10.1. The van der Waals surface area contributed by atoms with Gasteiger partial charge in [-0.15, -0.1) is 0 Å². The molecule has 1 fully saturated rings. The molecule has 0 aromatic carbocycles. The molecule has 0 bridgehead atoms. The number of carbonyl (C=O) groups is 1. The Balaban J connectivity index is 0. The number of hydrogen-bond acceptors (Lipinski definition) is 2. The molecule has 1 heterocycles. The lowest BCUT2D eigenvalue weighted by Crippen LogP contribution is -2.25. The second-order valence-corrected chi connectivity index (χ2v) is 4.20. The summed E-state index contributed by atoms with van der Waals surface area (Å²) in [6, 6.07) is 0.